The summed E-state index contributed by atoms with van der Waals surface area (Å²) in [5.74, 6) is 0.740. The van der Waals surface area contributed by atoms with Gasteiger partial charge in [0.05, 0.1) is 26.9 Å². The highest BCUT2D eigenvalue weighted by Crippen LogP contribution is 2.35. The second-order valence-electron chi connectivity index (χ2n) is 6.45. The molecule has 3 rings (SSSR count). The van der Waals surface area contributed by atoms with Crippen molar-refractivity contribution in [3.8, 4) is 23.0 Å². The van der Waals surface area contributed by atoms with Crippen molar-refractivity contribution in [3.05, 3.63) is 53.1 Å². The molecule has 2 aromatic rings. The van der Waals surface area contributed by atoms with Crippen molar-refractivity contribution < 1.29 is 33.3 Å². The molecular weight excluding hydrogens is 376 g/mol. The second-order valence-corrected chi connectivity index (χ2v) is 6.45. The highest BCUT2D eigenvalue weighted by molar-refractivity contribution is 5.92. The SMILES string of the molecule is COC(=O)c1ccc(OC(=O)/C=C/c2cc3c(cc2OC)CC(C)O3)c(OC)c1. The third-order valence-corrected chi connectivity index (χ3v) is 4.44. The Morgan fingerprint density at radius 2 is 1.79 bits per heavy atom. The summed E-state index contributed by atoms with van der Waals surface area (Å²) in [7, 11) is 4.27. The molecule has 7 heteroatoms. The molecule has 29 heavy (non-hydrogen) atoms. The number of benzene rings is 2. The Morgan fingerprint density at radius 1 is 1.03 bits per heavy atom. The smallest absolute Gasteiger partial charge is 0.337 e. The van der Waals surface area contributed by atoms with Crippen LogP contribution in [0.4, 0.5) is 0 Å². The van der Waals surface area contributed by atoms with Crippen LogP contribution in [0, 0.1) is 0 Å². The fourth-order valence-electron chi connectivity index (χ4n) is 3.06. The third kappa shape index (κ3) is 4.51. The number of hydrogen-bond donors (Lipinski definition) is 0. The summed E-state index contributed by atoms with van der Waals surface area (Å²) in [5.41, 5.74) is 2.06. The average Bonchev–Trinajstić information content (AvgIpc) is 3.09. The van der Waals surface area contributed by atoms with Gasteiger partial charge >= 0.3 is 11.9 Å². The number of fused-ring (bicyclic) bond motifs is 1. The highest BCUT2D eigenvalue weighted by Gasteiger charge is 2.21. The number of rotatable bonds is 6. The molecule has 0 aromatic heterocycles. The molecular formula is C22H22O7. The van der Waals surface area contributed by atoms with Crippen LogP contribution in [0.1, 0.15) is 28.4 Å². The van der Waals surface area contributed by atoms with Crippen molar-refractivity contribution >= 4 is 18.0 Å². The Bertz CT molecular complexity index is 962. The molecule has 0 fully saturated rings. The summed E-state index contributed by atoms with van der Waals surface area (Å²) >= 11 is 0. The maximum absolute atomic E-state index is 12.3. The Morgan fingerprint density at radius 3 is 2.48 bits per heavy atom. The van der Waals surface area contributed by atoms with E-state index in [0.29, 0.717) is 11.3 Å². The monoisotopic (exact) mass is 398 g/mol. The Balaban J connectivity index is 1.77. The van der Waals surface area contributed by atoms with Crippen molar-refractivity contribution in [3.63, 3.8) is 0 Å². The first-order valence-electron chi connectivity index (χ1n) is 8.99. The first-order chi connectivity index (χ1) is 13.9. The zero-order chi connectivity index (χ0) is 21.0. The van der Waals surface area contributed by atoms with Crippen LogP contribution in [0.3, 0.4) is 0 Å². The summed E-state index contributed by atoms with van der Waals surface area (Å²) in [5, 5.41) is 0. The predicted molar refractivity (Wildman–Crippen MR) is 106 cm³/mol. The van der Waals surface area contributed by atoms with Crippen molar-refractivity contribution in [1.82, 2.24) is 0 Å². The molecule has 1 atom stereocenters. The average molecular weight is 398 g/mol. The Labute approximate surface area is 168 Å². The maximum Gasteiger partial charge on any atom is 0.337 e. The van der Waals surface area contributed by atoms with E-state index in [2.05, 4.69) is 4.74 Å². The van der Waals surface area contributed by atoms with E-state index in [1.54, 1.807) is 13.2 Å². The second kappa shape index (κ2) is 8.68. The molecule has 0 aliphatic carbocycles. The molecule has 1 aliphatic rings. The van der Waals surface area contributed by atoms with E-state index in [4.69, 9.17) is 18.9 Å². The van der Waals surface area contributed by atoms with Crippen LogP contribution in [0.25, 0.3) is 6.08 Å². The molecule has 0 saturated heterocycles. The van der Waals surface area contributed by atoms with E-state index in [0.717, 1.165) is 17.7 Å². The molecule has 0 N–H and O–H groups in total. The summed E-state index contributed by atoms with van der Waals surface area (Å²) in [6.45, 7) is 2.00. The summed E-state index contributed by atoms with van der Waals surface area (Å²) in [4.78, 5) is 23.9. The lowest BCUT2D eigenvalue weighted by Gasteiger charge is -2.10. The third-order valence-electron chi connectivity index (χ3n) is 4.44. The Kier molecular flexibility index (Phi) is 6.07. The number of hydrogen-bond acceptors (Lipinski definition) is 7. The van der Waals surface area contributed by atoms with Gasteiger partial charge in [0.15, 0.2) is 11.5 Å². The van der Waals surface area contributed by atoms with Gasteiger partial charge in [-0.05, 0) is 43.3 Å². The van der Waals surface area contributed by atoms with Crippen molar-refractivity contribution in [2.75, 3.05) is 21.3 Å². The number of esters is 2. The zero-order valence-corrected chi connectivity index (χ0v) is 16.7. The minimum absolute atomic E-state index is 0.110. The molecule has 0 amide bonds. The molecule has 7 nitrogen and oxygen atoms in total. The predicted octanol–water partition coefficient (Wildman–Crippen LogP) is 3.43. The molecule has 2 aromatic carbocycles. The van der Waals surface area contributed by atoms with E-state index >= 15 is 0 Å². The van der Waals surface area contributed by atoms with Gasteiger partial charge in [0.25, 0.3) is 0 Å². The fourth-order valence-corrected chi connectivity index (χ4v) is 3.06. The van der Waals surface area contributed by atoms with Crippen LogP contribution in [0.5, 0.6) is 23.0 Å². The van der Waals surface area contributed by atoms with E-state index in [1.165, 1.54) is 38.5 Å². The largest absolute Gasteiger partial charge is 0.496 e. The lowest BCUT2D eigenvalue weighted by Crippen LogP contribution is -2.07. The van der Waals surface area contributed by atoms with Crippen LogP contribution >= 0.6 is 0 Å². The number of methoxy groups -OCH3 is 3. The van der Waals surface area contributed by atoms with Crippen LogP contribution in [-0.2, 0) is 16.0 Å². The maximum atomic E-state index is 12.3. The summed E-state index contributed by atoms with van der Waals surface area (Å²) < 4.78 is 26.4. The molecule has 0 saturated carbocycles. The van der Waals surface area contributed by atoms with Gasteiger partial charge in [-0.2, -0.15) is 0 Å². The van der Waals surface area contributed by atoms with Crippen molar-refractivity contribution in [2.24, 2.45) is 0 Å². The van der Waals surface area contributed by atoms with Gasteiger partial charge in [-0.25, -0.2) is 9.59 Å². The van der Waals surface area contributed by atoms with Gasteiger partial charge in [0, 0.05) is 23.6 Å². The van der Waals surface area contributed by atoms with Gasteiger partial charge in [-0.1, -0.05) is 0 Å². The number of carbonyl (C=O) groups is 2. The zero-order valence-electron chi connectivity index (χ0n) is 16.7. The molecule has 0 spiro atoms. The van der Waals surface area contributed by atoms with Crippen LogP contribution in [0.2, 0.25) is 0 Å². The van der Waals surface area contributed by atoms with Gasteiger partial charge in [-0.3, -0.25) is 0 Å². The van der Waals surface area contributed by atoms with E-state index in [1.807, 2.05) is 19.1 Å². The first kappa shape index (κ1) is 20.3. The van der Waals surface area contributed by atoms with Gasteiger partial charge in [0.1, 0.15) is 17.6 Å². The molecule has 1 aliphatic heterocycles. The number of carbonyl (C=O) groups excluding carboxylic acids is 2. The lowest BCUT2D eigenvalue weighted by molar-refractivity contribution is -0.129. The molecule has 1 unspecified atom stereocenters. The van der Waals surface area contributed by atoms with Gasteiger partial charge in [0.2, 0.25) is 0 Å². The van der Waals surface area contributed by atoms with Gasteiger partial charge < -0.3 is 23.7 Å². The minimum Gasteiger partial charge on any atom is -0.496 e. The van der Waals surface area contributed by atoms with Gasteiger partial charge in [-0.15, -0.1) is 0 Å². The van der Waals surface area contributed by atoms with Crippen molar-refractivity contribution in [2.45, 2.75) is 19.4 Å². The van der Waals surface area contributed by atoms with Crippen LogP contribution < -0.4 is 18.9 Å². The first-order valence-corrected chi connectivity index (χ1v) is 8.99. The molecule has 152 valence electrons. The summed E-state index contributed by atoms with van der Waals surface area (Å²) in [6, 6.07) is 8.16. The fraction of sp³-hybridized carbons (Fsp3) is 0.273. The minimum atomic E-state index is -0.606. The summed E-state index contributed by atoms with van der Waals surface area (Å²) in [6.07, 6.45) is 3.82. The highest BCUT2D eigenvalue weighted by atomic mass is 16.6. The molecule has 0 bridgehead atoms. The topological polar surface area (TPSA) is 80.3 Å². The normalized spacial score (nSPS) is 14.8. The molecule has 1 heterocycles. The Hall–Kier alpha value is -3.48. The van der Waals surface area contributed by atoms with E-state index in [9.17, 15) is 9.59 Å². The molecule has 0 radical (unpaired) electrons. The van der Waals surface area contributed by atoms with E-state index < -0.39 is 11.9 Å². The van der Waals surface area contributed by atoms with Crippen LogP contribution in [0.15, 0.2) is 36.4 Å². The quantitative estimate of drug-likeness (QED) is 0.419. The van der Waals surface area contributed by atoms with E-state index in [-0.39, 0.29) is 23.2 Å². The number of ether oxygens (including phenoxy) is 5. The van der Waals surface area contributed by atoms with Crippen LogP contribution in [-0.4, -0.2) is 39.4 Å². The lowest BCUT2D eigenvalue weighted by atomic mass is 10.1. The standard InChI is InChI=1S/C22H22O7/c1-13-9-16-12-18(25-2)14(10-19(16)28-13)6-8-21(23)29-17-7-5-15(22(24)27-4)11-20(17)26-3/h5-8,10-13H,9H2,1-4H3/b8-6+. The van der Waals surface area contributed by atoms with Crippen molar-refractivity contribution in [1.29, 1.82) is 0 Å².